The number of esters is 1. The minimum absolute atomic E-state index is 0.179. The highest BCUT2D eigenvalue weighted by Crippen LogP contribution is 2.43. The van der Waals surface area contributed by atoms with Gasteiger partial charge >= 0.3 is 5.97 Å². The number of hydrogen-bond acceptors (Lipinski definition) is 4. The van der Waals surface area contributed by atoms with Crippen LogP contribution in [0.25, 0.3) is 0 Å². The van der Waals surface area contributed by atoms with Gasteiger partial charge in [-0.05, 0) is 80.6 Å². The molecule has 0 saturated carbocycles. The van der Waals surface area contributed by atoms with Gasteiger partial charge in [-0.3, -0.25) is 4.99 Å². The van der Waals surface area contributed by atoms with E-state index in [1.165, 1.54) is 18.4 Å². The van der Waals surface area contributed by atoms with Gasteiger partial charge in [-0.25, -0.2) is 4.79 Å². The molecule has 2 aromatic carbocycles. The van der Waals surface area contributed by atoms with Crippen molar-refractivity contribution in [1.82, 2.24) is 0 Å². The molecule has 0 aliphatic carbocycles. The number of fused-ring (bicyclic) bond motifs is 1. The first-order valence-electron chi connectivity index (χ1n) is 9.49. The van der Waals surface area contributed by atoms with Crippen LogP contribution in [-0.4, -0.2) is 31.4 Å². The van der Waals surface area contributed by atoms with Crippen LogP contribution in [0.2, 0.25) is 0 Å². The highest BCUT2D eigenvalue weighted by atomic mass is 16.5. The van der Waals surface area contributed by atoms with Gasteiger partial charge in [0.25, 0.3) is 0 Å². The van der Waals surface area contributed by atoms with Crippen LogP contribution >= 0.6 is 0 Å². The minimum Gasteiger partial charge on any atom is -0.465 e. The number of methoxy groups -OCH3 is 1. The Labute approximate surface area is 161 Å². The summed E-state index contributed by atoms with van der Waals surface area (Å²) in [6.45, 7) is 10.2. The smallest absolute Gasteiger partial charge is 0.337 e. The predicted molar refractivity (Wildman–Crippen MR) is 112 cm³/mol. The van der Waals surface area contributed by atoms with E-state index in [0.29, 0.717) is 11.5 Å². The first-order chi connectivity index (χ1) is 12.9. The Morgan fingerprint density at radius 1 is 1.26 bits per heavy atom. The number of nitrogens with zero attached hydrogens (tertiary/aromatic N) is 2. The topological polar surface area (TPSA) is 41.9 Å². The largest absolute Gasteiger partial charge is 0.465 e. The van der Waals surface area contributed by atoms with Crippen LogP contribution in [0.1, 0.15) is 61.5 Å². The second kappa shape index (κ2) is 7.55. The highest BCUT2D eigenvalue weighted by Gasteiger charge is 2.35. The summed E-state index contributed by atoms with van der Waals surface area (Å²) in [6.07, 6.45) is 3.03. The number of benzene rings is 2. The first kappa shape index (κ1) is 19.2. The number of carbonyl (C=O) groups is 1. The van der Waals surface area contributed by atoms with Crippen molar-refractivity contribution in [3.63, 3.8) is 0 Å². The third kappa shape index (κ3) is 3.90. The van der Waals surface area contributed by atoms with Crippen molar-refractivity contribution in [2.75, 3.05) is 18.6 Å². The molecule has 0 saturated heterocycles. The summed E-state index contributed by atoms with van der Waals surface area (Å²) in [6, 6.07) is 13.7. The van der Waals surface area contributed by atoms with Gasteiger partial charge in [-0.15, -0.1) is 0 Å². The summed E-state index contributed by atoms with van der Waals surface area (Å²) in [7, 11) is 1.38. The molecule has 4 heteroatoms. The average Bonchev–Trinajstić information content (AvgIpc) is 2.66. The summed E-state index contributed by atoms with van der Waals surface area (Å²) >= 11 is 0. The minimum atomic E-state index is -0.336. The summed E-state index contributed by atoms with van der Waals surface area (Å²) in [5, 5.41) is 0. The molecule has 0 bridgehead atoms. The molecule has 1 heterocycles. The summed E-state index contributed by atoms with van der Waals surface area (Å²) in [5.41, 5.74) is 5.33. The van der Waals surface area contributed by atoms with Crippen LogP contribution in [0.5, 0.6) is 0 Å². The van der Waals surface area contributed by atoms with Crippen LogP contribution in [0, 0.1) is 0 Å². The van der Waals surface area contributed by atoms with Gasteiger partial charge in [-0.1, -0.05) is 13.0 Å². The summed E-state index contributed by atoms with van der Waals surface area (Å²) < 4.78 is 4.72. The summed E-state index contributed by atoms with van der Waals surface area (Å²) in [5.74, 6) is 0.183. The maximum absolute atomic E-state index is 11.5. The number of anilines is 1. The van der Waals surface area contributed by atoms with Crippen LogP contribution in [-0.2, 0) is 4.74 Å². The van der Waals surface area contributed by atoms with Crippen LogP contribution in [0.15, 0.2) is 47.5 Å². The third-order valence-corrected chi connectivity index (χ3v) is 5.38. The zero-order valence-corrected chi connectivity index (χ0v) is 16.8. The number of ether oxygens (including phenoxy) is 1. The van der Waals surface area contributed by atoms with Gasteiger partial charge in [0, 0.05) is 24.0 Å². The van der Waals surface area contributed by atoms with Crippen molar-refractivity contribution in [3.05, 3.63) is 59.2 Å². The van der Waals surface area contributed by atoms with Gasteiger partial charge in [0.05, 0.1) is 18.4 Å². The van der Waals surface area contributed by atoms with Crippen LogP contribution in [0.3, 0.4) is 0 Å². The van der Waals surface area contributed by atoms with E-state index in [9.17, 15) is 4.79 Å². The van der Waals surface area contributed by atoms with E-state index >= 15 is 0 Å². The highest BCUT2D eigenvalue weighted by molar-refractivity contribution is 5.90. The van der Waals surface area contributed by atoms with E-state index in [0.717, 1.165) is 24.2 Å². The number of aliphatic imine (C=N–C) groups is 1. The van der Waals surface area contributed by atoms with Crippen LogP contribution in [0.4, 0.5) is 11.4 Å². The van der Waals surface area contributed by atoms with Gasteiger partial charge in [0.1, 0.15) is 0 Å². The molecule has 142 valence electrons. The molecule has 0 radical (unpaired) electrons. The SMILES string of the molecule is CCN1c2ccc(C=Nc3ccc(C(=O)OC)cc3)cc2C(C)CC1(C)C. The van der Waals surface area contributed by atoms with Crippen molar-refractivity contribution in [2.45, 2.75) is 45.6 Å². The standard InChI is InChI=1S/C23H28N2O2/c1-6-25-21-12-7-17(13-20(21)16(2)14-23(25,3)4)15-24-19-10-8-18(9-11-19)22(26)27-5/h7-13,15-16H,6,14H2,1-5H3. The Morgan fingerprint density at radius 2 is 1.96 bits per heavy atom. The van der Waals surface area contributed by atoms with E-state index in [1.54, 1.807) is 12.1 Å². The molecule has 27 heavy (non-hydrogen) atoms. The van der Waals surface area contributed by atoms with Gasteiger partial charge in [0.15, 0.2) is 0 Å². The number of carbonyl (C=O) groups excluding carboxylic acids is 1. The Hall–Kier alpha value is -2.62. The summed E-state index contributed by atoms with van der Waals surface area (Å²) in [4.78, 5) is 18.6. The third-order valence-electron chi connectivity index (χ3n) is 5.38. The molecule has 1 unspecified atom stereocenters. The fourth-order valence-electron chi connectivity index (χ4n) is 4.14. The lowest BCUT2D eigenvalue weighted by Crippen LogP contribution is -2.48. The molecule has 1 atom stereocenters. The Balaban J connectivity index is 1.84. The quantitative estimate of drug-likeness (QED) is 0.543. The number of rotatable bonds is 4. The van der Waals surface area contributed by atoms with Gasteiger partial charge < -0.3 is 9.64 Å². The van der Waals surface area contributed by atoms with Crippen molar-refractivity contribution in [2.24, 2.45) is 4.99 Å². The Bertz CT molecular complexity index is 853. The maximum atomic E-state index is 11.5. The van der Waals surface area contributed by atoms with Crippen molar-refractivity contribution in [1.29, 1.82) is 0 Å². The van der Waals surface area contributed by atoms with Gasteiger partial charge in [-0.2, -0.15) is 0 Å². The molecule has 1 aliphatic heterocycles. The molecule has 0 N–H and O–H groups in total. The van der Waals surface area contributed by atoms with E-state index in [1.807, 2.05) is 18.3 Å². The monoisotopic (exact) mass is 364 g/mol. The zero-order chi connectivity index (χ0) is 19.6. The lowest BCUT2D eigenvalue weighted by Gasteiger charge is -2.47. The molecule has 4 nitrogen and oxygen atoms in total. The zero-order valence-electron chi connectivity index (χ0n) is 16.8. The first-order valence-corrected chi connectivity index (χ1v) is 9.49. The molecule has 1 aliphatic rings. The van der Waals surface area contributed by atoms with E-state index in [4.69, 9.17) is 4.74 Å². The lowest BCUT2D eigenvalue weighted by atomic mass is 9.79. The molecule has 0 fully saturated rings. The average molecular weight is 364 g/mol. The molecule has 0 spiro atoms. The van der Waals surface area contributed by atoms with Crippen molar-refractivity contribution in [3.8, 4) is 0 Å². The molecule has 0 aromatic heterocycles. The van der Waals surface area contributed by atoms with Crippen molar-refractivity contribution >= 4 is 23.6 Å². The van der Waals surface area contributed by atoms with Crippen LogP contribution < -0.4 is 4.90 Å². The molecule has 2 aromatic rings. The normalized spacial score (nSPS) is 18.4. The molecular weight excluding hydrogens is 336 g/mol. The Morgan fingerprint density at radius 3 is 2.59 bits per heavy atom. The van der Waals surface area contributed by atoms with Crippen molar-refractivity contribution < 1.29 is 9.53 Å². The Kier molecular flexibility index (Phi) is 5.36. The molecule has 3 rings (SSSR count). The van der Waals surface area contributed by atoms with E-state index in [2.05, 4.69) is 55.8 Å². The fourth-order valence-corrected chi connectivity index (χ4v) is 4.14. The van der Waals surface area contributed by atoms with E-state index < -0.39 is 0 Å². The second-order valence-corrected chi connectivity index (χ2v) is 7.78. The van der Waals surface area contributed by atoms with E-state index in [-0.39, 0.29) is 11.5 Å². The fraction of sp³-hybridized carbons (Fsp3) is 0.391. The second-order valence-electron chi connectivity index (χ2n) is 7.78. The lowest BCUT2D eigenvalue weighted by molar-refractivity contribution is 0.0601. The molecular formula is C23H28N2O2. The molecule has 0 amide bonds. The van der Waals surface area contributed by atoms with Gasteiger partial charge in [0.2, 0.25) is 0 Å². The number of hydrogen-bond donors (Lipinski definition) is 0. The predicted octanol–water partition coefficient (Wildman–Crippen LogP) is 5.34. The maximum Gasteiger partial charge on any atom is 0.337 e.